The van der Waals surface area contributed by atoms with Crippen LogP contribution in [-0.2, 0) is 6.54 Å². The van der Waals surface area contributed by atoms with Crippen LogP contribution in [0.3, 0.4) is 0 Å². The molecule has 2 aromatic heterocycles. The van der Waals surface area contributed by atoms with Gasteiger partial charge in [0.05, 0.1) is 18.8 Å². The zero-order valence-electron chi connectivity index (χ0n) is 15.4. The summed E-state index contributed by atoms with van der Waals surface area (Å²) in [6, 6.07) is 5.71. The van der Waals surface area contributed by atoms with Gasteiger partial charge in [0, 0.05) is 23.6 Å². The summed E-state index contributed by atoms with van der Waals surface area (Å²) in [6.07, 6.45) is 3.60. The van der Waals surface area contributed by atoms with Crippen molar-refractivity contribution in [3.05, 3.63) is 47.2 Å². The molecule has 0 radical (unpaired) electrons. The largest absolute Gasteiger partial charge is 0.467 e. The van der Waals surface area contributed by atoms with Crippen LogP contribution in [0.1, 0.15) is 47.3 Å². The molecule has 1 aliphatic rings. The number of aryl methyl sites for hydroxylation is 1. The van der Waals surface area contributed by atoms with E-state index in [1.54, 1.807) is 6.26 Å². The number of carbonyl (C=O) groups excluding carboxylic acids is 1. The third-order valence-electron chi connectivity index (χ3n) is 5.57. The number of likely N-dealkylation sites (tertiary alicyclic amines) is 1. The van der Waals surface area contributed by atoms with Crippen LogP contribution in [0.25, 0.3) is 0 Å². The van der Waals surface area contributed by atoms with Gasteiger partial charge in [-0.1, -0.05) is 0 Å². The van der Waals surface area contributed by atoms with Gasteiger partial charge in [-0.05, 0) is 70.8 Å². The van der Waals surface area contributed by atoms with Crippen molar-refractivity contribution >= 4 is 5.78 Å². The highest BCUT2D eigenvalue weighted by Gasteiger charge is 2.28. The molecule has 0 bridgehead atoms. The molecule has 5 heteroatoms. The maximum absolute atomic E-state index is 13.1. The third-order valence-corrected chi connectivity index (χ3v) is 5.57. The lowest BCUT2D eigenvalue weighted by molar-refractivity contribution is 0.0720. The number of hydrogen-bond acceptors (Lipinski definition) is 4. The number of Topliss-reactive ketones (excluding diaryl/α,β-unsaturated/α-hetero) is 1. The lowest BCUT2D eigenvalue weighted by atomic mass is 9.95. The predicted octanol–water partition coefficient (Wildman–Crippen LogP) is 3.02. The SMILES string of the molecule is Cc1cc(C(=O)[C@H](C)N2CCC(CO)CC2)c(C)n1Cc1ccco1. The molecule has 0 unspecified atom stereocenters. The van der Waals surface area contributed by atoms with Gasteiger partial charge >= 0.3 is 0 Å². The van der Waals surface area contributed by atoms with E-state index >= 15 is 0 Å². The van der Waals surface area contributed by atoms with Gasteiger partial charge in [-0.15, -0.1) is 0 Å². The fraction of sp³-hybridized carbons (Fsp3) is 0.550. The van der Waals surface area contributed by atoms with Crippen LogP contribution in [-0.4, -0.2) is 46.1 Å². The van der Waals surface area contributed by atoms with E-state index in [9.17, 15) is 9.90 Å². The number of aliphatic hydroxyl groups excluding tert-OH is 1. The minimum Gasteiger partial charge on any atom is -0.467 e. The van der Waals surface area contributed by atoms with Gasteiger partial charge in [0.15, 0.2) is 5.78 Å². The average molecular weight is 344 g/mol. The highest BCUT2D eigenvalue weighted by molar-refractivity contribution is 6.01. The summed E-state index contributed by atoms with van der Waals surface area (Å²) in [5.41, 5.74) is 2.88. The van der Waals surface area contributed by atoms with Crippen LogP contribution < -0.4 is 0 Å². The Morgan fingerprint density at radius 2 is 2.08 bits per heavy atom. The van der Waals surface area contributed by atoms with Crippen LogP contribution in [0.2, 0.25) is 0 Å². The van der Waals surface area contributed by atoms with Crippen molar-refractivity contribution in [3.8, 4) is 0 Å². The van der Waals surface area contributed by atoms with E-state index in [-0.39, 0.29) is 18.4 Å². The first-order valence-corrected chi connectivity index (χ1v) is 9.09. The molecular formula is C20H28N2O3. The van der Waals surface area contributed by atoms with Crippen molar-refractivity contribution < 1.29 is 14.3 Å². The Kier molecular flexibility index (Phi) is 5.45. The summed E-state index contributed by atoms with van der Waals surface area (Å²) in [5, 5.41) is 9.28. The molecule has 1 fully saturated rings. The third kappa shape index (κ3) is 3.72. The Morgan fingerprint density at radius 3 is 2.68 bits per heavy atom. The Balaban J connectivity index is 1.74. The molecular weight excluding hydrogens is 316 g/mol. The van der Waals surface area contributed by atoms with E-state index in [1.807, 2.05) is 39.0 Å². The number of nitrogens with zero attached hydrogens (tertiary/aromatic N) is 2. The van der Waals surface area contributed by atoms with Crippen LogP contribution in [0, 0.1) is 19.8 Å². The quantitative estimate of drug-likeness (QED) is 0.819. The summed E-state index contributed by atoms with van der Waals surface area (Å²) in [5.74, 6) is 1.46. The highest BCUT2D eigenvalue weighted by Crippen LogP contribution is 2.23. The molecule has 136 valence electrons. The first-order valence-electron chi connectivity index (χ1n) is 9.09. The minimum absolute atomic E-state index is 0.128. The van der Waals surface area contributed by atoms with E-state index in [1.165, 1.54) is 0 Å². The van der Waals surface area contributed by atoms with Crippen LogP contribution >= 0.6 is 0 Å². The molecule has 0 aromatic carbocycles. The van der Waals surface area contributed by atoms with E-state index in [0.717, 1.165) is 48.6 Å². The van der Waals surface area contributed by atoms with Crippen molar-refractivity contribution in [3.63, 3.8) is 0 Å². The normalized spacial score (nSPS) is 17.8. The first-order chi connectivity index (χ1) is 12.0. The Hall–Kier alpha value is -1.85. The average Bonchev–Trinajstić information content (AvgIpc) is 3.24. The summed E-state index contributed by atoms with van der Waals surface area (Å²) >= 11 is 0. The van der Waals surface area contributed by atoms with Crippen molar-refractivity contribution in [2.24, 2.45) is 5.92 Å². The highest BCUT2D eigenvalue weighted by atomic mass is 16.3. The lowest BCUT2D eigenvalue weighted by Crippen LogP contribution is -2.44. The molecule has 2 aromatic rings. The molecule has 0 spiro atoms. The molecule has 3 rings (SSSR count). The molecule has 0 aliphatic carbocycles. The smallest absolute Gasteiger partial charge is 0.181 e. The summed E-state index contributed by atoms with van der Waals surface area (Å²) in [6.45, 7) is 8.70. The molecule has 3 heterocycles. The number of ketones is 1. The van der Waals surface area contributed by atoms with E-state index in [2.05, 4.69) is 9.47 Å². The van der Waals surface area contributed by atoms with Gasteiger partial charge in [0.1, 0.15) is 5.76 Å². The Bertz CT molecular complexity index is 710. The van der Waals surface area contributed by atoms with E-state index in [0.29, 0.717) is 12.5 Å². The summed E-state index contributed by atoms with van der Waals surface area (Å²) < 4.78 is 7.58. The second-order valence-corrected chi connectivity index (χ2v) is 7.15. The van der Waals surface area contributed by atoms with Crippen molar-refractivity contribution in [2.45, 2.75) is 46.2 Å². The zero-order chi connectivity index (χ0) is 18.0. The monoisotopic (exact) mass is 344 g/mol. The number of piperidine rings is 1. The van der Waals surface area contributed by atoms with Crippen LogP contribution in [0.4, 0.5) is 0 Å². The maximum atomic E-state index is 13.1. The van der Waals surface area contributed by atoms with Gasteiger partial charge in [-0.25, -0.2) is 0 Å². The number of aliphatic hydroxyl groups is 1. The van der Waals surface area contributed by atoms with Crippen molar-refractivity contribution in [2.75, 3.05) is 19.7 Å². The van der Waals surface area contributed by atoms with Gasteiger partial charge in [-0.2, -0.15) is 0 Å². The fourth-order valence-electron chi connectivity index (χ4n) is 3.77. The first kappa shape index (κ1) is 18.0. The molecule has 5 nitrogen and oxygen atoms in total. The summed E-state index contributed by atoms with van der Waals surface area (Å²) in [7, 11) is 0. The molecule has 0 saturated carbocycles. The second kappa shape index (κ2) is 7.58. The topological polar surface area (TPSA) is 58.6 Å². The van der Waals surface area contributed by atoms with Crippen LogP contribution in [0.5, 0.6) is 0 Å². The van der Waals surface area contributed by atoms with E-state index < -0.39 is 0 Å². The number of furan rings is 1. The fourth-order valence-corrected chi connectivity index (χ4v) is 3.77. The number of rotatable bonds is 6. The number of hydrogen-bond donors (Lipinski definition) is 1. The Morgan fingerprint density at radius 1 is 1.36 bits per heavy atom. The molecule has 1 aliphatic heterocycles. The van der Waals surface area contributed by atoms with Crippen LogP contribution in [0.15, 0.2) is 28.9 Å². The van der Waals surface area contributed by atoms with Gasteiger partial charge in [-0.3, -0.25) is 9.69 Å². The predicted molar refractivity (Wildman–Crippen MR) is 96.9 cm³/mol. The molecule has 25 heavy (non-hydrogen) atoms. The van der Waals surface area contributed by atoms with E-state index in [4.69, 9.17) is 4.42 Å². The number of aromatic nitrogens is 1. The molecule has 1 saturated heterocycles. The van der Waals surface area contributed by atoms with Gasteiger partial charge in [0.25, 0.3) is 0 Å². The van der Waals surface area contributed by atoms with Crippen molar-refractivity contribution in [1.29, 1.82) is 0 Å². The van der Waals surface area contributed by atoms with Gasteiger partial charge in [0.2, 0.25) is 0 Å². The Labute approximate surface area is 149 Å². The molecule has 0 amide bonds. The maximum Gasteiger partial charge on any atom is 0.181 e. The zero-order valence-corrected chi connectivity index (χ0v) is 15.4. The second-order valence-electron chi connectivity index (χ2n) is 7.15. The summed E-state index contributed by atoms with van der Waals surface area (Å²) in [4.78, 5) is 15.3. The van der Waals surface area contributed by atoms with Crippen molar-refractivity contribution in [1.82, 2.24) is 9.47 Å². The molecule has 1 atom stereocenters. The lowest BCUT2D eigenvalue weighted by Gasteiger charge is -2.34. The molecule has 1 N–H and O–H groups in total. The standard InChI is InChI=1S/C20H28N2O3/c1-14-11-19(15(2)22(14)12-18-5-4-10-25-18)20(24)16(3)21-8-6-17(13-23)7-9-21/h4-5,10-11,16-17,23H,6-9,12-13H2,1-3H3/t16-/m0/s1. The van der Waals surface area contributed by atoms with Gasteiger partial charge < -0.3 is 14.1 Å². The minimum atomic E-state index is -0.128. The number of carbonyl (C=O) groups is 1.